The summed E-state index contributed by atoms with van der Waals surface area (Å²) in [5, 5.41) is 18.6. The standard InChI is InChI=1S/C29H26N2O5/c30-19-23-11-4-5-15-25(23)31(29(34)22-9-2-1-3-10-22)17-7-12-21-13-8-18-35-28-24(21)14-6-16-26(28)36-20-27(32)33/h1-6,9-12,14-16H,7-8,13,17-18,20H2,(H,32,33)/b21-12-. The number of nitrogens with zero attached hydrogens (tertiary/aromatic N) is 2. The van der Waals surface area contributed by atoms with Gasteiger partial charge in [-0.3, -0.25) is 4.79 Å². The zero-order valence-electron chi connectivity index (χ0n) is 19.7. The number of carboxylic acids is 1. The van der Waals surface area contributed by atoms with Gasteiger partial charge in [0.05, 0.1) is 17.9 Å². The Morgan fingerprint density at radius 3 is 2.61 bits per heavy atom. The van der Waals surface area contributed by atoms with Gasteiger partial charge in [-0.15, -0.1) is 0 Å². The Balaban J connectivity index is 1.62. The highest BCUT2D eigenvalue weighted by molar-refractivity contribution is 6.06. The second-order valence-corrected chi connectivity index (χ2v) is 8.24. The molecule has 0 unspecified atom stereocenters. The Labute approximate surface area is 209 Å². The number of carbonyl (C=O) groups is 2. The minimum atomic E-state index is -1.06. The maximum atomic E-state index is 13.4. The number of anilines is 1. The smallest absolute Gasteiger partial charge is 0.341 e. The van der Waals surface area contributed by atoms with Gasteiger partial charge in [-0.1, -0.05) is 48.5 Å². The van der Waals surface area contributed by atoms with Crippen LogP contribution in [0.1, 0.15) is 40.7 Å². The Morgan fingerprint density at radius 2 is 1.83 bits per heavy atom. The summed E-state index contributed by atoms with van der Waals surface area (Å²) in [5.74, 6) is -0.301. The lowest BCUT2D eigenvalue weighted by molar-refractivity contribution is -0.139. The molecule has 0 radical (unpaired) electrons. The molecule has 1 N–H and O–H groups in total. The zero-order valence-corrected chi connectivity index (χ0v) is 19.7. The molecule has 0 aromatic heterocycles. The molecule has 0 aliphatic carbocycles. The number of aliphatic carboxylic acids is 1. The van der Waals surface area contributed by atoms with Crippen molar-refractivity contribution >= 4 is 23.1 Å². The third-order valence-electron chi connectivity index (χ3n) is 5.84. The fourth-order valence-corrected chi connectivity index (χ4v) is 4.19. The van der Waals surface area contributed by atoms with E-state index in [1.54, 1.807) is 41.3 Å². The highest BCUT2D eigenvalue weighted by Gasteiger charge is 2.21. The first-order valence-corrected chi connectivity index (χ1v) is 11.7. The third kappa shape index (κ3) is 5.73. The Bertz CT molecular complexity index is 1310. The molecule has 0 fully saturated rings. The van der Waals surface area contributed by atoms with Crippen LogP contribution in [0.25, 0.3) is 5.57 Å². The van der Waals surface area contributed by atoms with Crippen molar-refractivity contribution in [2.75, 3.05) is 24.7 Å². The van der Waals surface area contributed by atoms with Crippen LogP contribution in [0.2, 0.25) is 0 Å². The Hall–Kier alpha value is -4.57. The first-order chi connectivity index (χ1) is 17.6. The van der Waals surface area contributed by atoms with Crippen molar-refractivity contribution < 1.29 is 24.2 Å². The molecule has 1 amide bonds. The van der Waals surface area contributed by atoms with Crippen LogP contribution < -0.4 is 14.4 Å². The first kappa shape index (κ1) is 24.6. The number of carbonyl (C=O) groups excluding carboxylic acids is 1. The summed E-state index contributed by atoms with van der Waals surface area (Å²) in [5.41, 5.74) is 3.45. The number of hydrogen-bond acceptors (Lipinski definition) is 5. The summed E-state index contributed by atoms with van der Waals surface area (Å²) in [7, 11) is 0. The molecule has 0 bridgehead atoms. The van der Waals surface area contributed by atoms with E-state index in [4.69, 9.17) is 14.6 Å². The number of amides is 1. The Morgan fingerprint density at radius 1 is 1.06 bits per heavy atom. The molecular formula is C29H26N2O5. The van der Waals surface area contributed by atoms with E-state index in [9.17, 15) is 14.9 Å². The lowest BCUT2D eigenvalue weighted by Gasteiger charge is -2.24. The van der Waals surface area contributed by atoms with Gasteiger partial charge in [0.1, 0.15) is 6.07 Å². The normalized spacial score (nSPS) is 13.6. The van der Waals surface area contributed by atoms with Crippen molar-refractivity contribution in [2.24, 2.45) is 0 Å². The second-order valence-electron chi connectivity index (χ2n) is 8.24. The number of para-hydroxylation sites is 2. The molecular weight excluding hydrogens is 456 g/mol. The molecule has 3 aromatic rings. The van der Waals surface area contributed by atoms with Crippen molar-refractivity contribution in [2.45, 2.75) is 19.3 Å². The van der Waals surface area contributed by atoms with Crippen molar-refractivity contribution in [3.8, 4) is 17.6 Å². The lowest BCUT2D eigenvalue weighted by atomic mass is 9.99. The fourth-order valence-electron chi connectivity index (χ4n) is 4.19. The van der Waals surface area contributed by atoms with Crippen LogP contribution in [0, 0.1) is 11.3 Å². The van der Waals surface area contributed by atoms with E-state index in [1.165, 1.54) is 0 Å². The maximum Gasteiger partial charge on any atom is 0.341 e. The molecule has 4 rings (SSSR count). The van der Waals surface area contributed by atoms with Crippen molar-refractivity contribution in [1.29, 1.82) is 5.26 Å². The van der Waals surface area contributed by atoms with E-state index in [0.717, 1.165) is 24.0 Å². The number of fused-ring (bicyclic) bond motifs is 1. The quantitative estimate of drug-likeness (QED) is 0.467. The predicted octanol–water partition coefficient (Wildman–Crippen LogP) is 5.31. The summed E-state index contributed by atoms with van der Waals surface area (Å²) in [6.45, 7) is 0.418. The average Bonchev–Trinajstić information content (AvgIpc) is 3.12. The molecule has 7 nitrogen and oxygen atoms in total. The molecule has 36 heavy (non-hydrogen) atoms. The van der Waals surface area contributed by atoms with Crippen molar-refractivity contribution in [3.05, 3.63) is 95.6 Å². The number of ether oxygens (including phenoxy) is 2. The summed E-state index contributed by atoms with van der Waals surface area (Å²) >= 11 is 0. The van der Waals surface area contributed by atoms with Crippen LogP contribution in [-0.2, 0) is 4.79 Å². The van der Waals surface area contributed by atoms with Crippen molar-refractivity contribution in [1.82, 2.24) is 0 Å². The van der Waals surface area contributed by atoms with Gasteiger partial charge in [0, 0.05) is 17.7 Å². The van der Waals surface area contributed by atoms with Crippen LogP contribution in [0.4, 0.5) is 5.69 Å². The van der Waals surface area contributed by atoms with E-state index in [1.807, 2.05) is 36.4 Å². The lowest BCUT2D eigenvalue weighted by Crippen LogP contribution is -2.32. The summed E-state index contributed by atoms with van der Waals surface area (Å²) < 4.78 is 11.3. The average molecular weight is 483 g/mol. The first-order valence-electron chi connectivity index (χ1n) is 11.7. The van der Waals surface area contributed by atoms with Crippen LogP contribution in [0.15, 0.2) is 78.9 Å². The third-order valence-corrected chi connectivity index (χ3v) is 5.84. The highest BCUT2D eigenvalue weighted by Crippen LogP contribution is 2.39. The van der Waals surface area contributed by atoms with E-state index >= 15 is 0 Å². The zero-order chi connectivity index (χ0) is 25.3. The molecule has 3 aromatic carbocycles. The van der Waals surface area contributed by atoms with Gasteiger partial charge < -0.3 is 19.5 Å². The van der Waals surface area contributed by atoms with Crippen LogP contribution in [0.3, 0.4) is 0 Å². The molecule has 1 aliphatic heterocycles. The second kappa shape index (κ2) is 11.7. The number of hydrogen-bond donors (Lipinski definition) is 1. The molecule has 0 saturated heterocycles. The van der Waals surface area contributed by atoms with Crippen molar-refractivity contribution in [3.63, 3.8) is 0 Å². The molecule has 0 spiro atoms. The van der Waals surface area contributed by atoms with E-state index in [2.05, 4.69) is 12.1 Å². The fraction of sp³-hybridized carbons (Fsp3) is 0.207. The molecule has 7 heteroatoms. The van der Waals surface area contributed by atoms with Crippen LogP contribution >= 0.6 is 0 Å². The molecule has 0 saturated carbocycles. The molecule has 182 valence electrons. The van der Waals surface area contributed by atoms with Gasteiger partial charge in [0.15, 0.2) is 18.1 Å². The molecule has 1 aliphatic rings. The summed E-state index contributed by atoms with van der Waals surface area (Å²) in [4.78, 5) is 26.0. The predicted molar refractivity (Wildman–Crippen MR) is 136 cm³/mol. The van der Waals surface area contributed by atoms with Gasteiger partial charge in [0.25, 0.3) is 5.91 Å². The van der Waals surface area contributed by atoms with Gasteiger partial charge >= 0.3 is 5.97 Å². The van der Waals surface area contributed by atoms with Gasteiger partial charge in [-0.05, 0) is 55.2 Å². The molecule has 1 heterocycles. The van der Waals surface area contributed by atoms with E-state index < -0.39 is 12.6 Å². The Kier molecular flexibility index (Phi) is 7.99. The number of rotatable bonds is 8. The summed E-state index contributed by atoms with van der Waals surface area (Å²) in [6, 6.07) is 23.7. The number of allylic oxidation sites excluding steroid dienone is 1. The maximum absolute atomic E-state index is 13.4. The molecule has 0 atom stereocenters. The van der Waals surface area contributed by atoms with Crippen LogP contribution in [0.5, 0.6) is 11.5 Å². The minimum absolute atomic E-state index is 0.175. The van der Waals surface area contributed by atoms with E-state index in [-0.39, 0.29) is 5.91 Å². The number of nitriles is 1. The minimum Gasteiger partial charge on any atom is -0.489 e. The van der Waals surface area contributed by atoms with Crippen LogP contribution in [-0.4, -0.2) is 36.7 Å². The monoisotopic (exact) mass is 482 g/mol. The van der Waals surface area contributed by atoms with E-state index in [0.29, 0.717) is 47.9 Å². The number of carboxylic acid groups (broad SMARTS) is 1. The SMILES string of the molecule is N#Cc1ccccc1N(CC/C=C1/CCCOc2c(OCC(=O)O)cccc21)C(=O)c1ccccc1. The topological polar surface area (TPSA) is 99.9 Å². The van der Waals surface area contributed by atoms with Gasteiger partial charge in [-0.2, -0.15) is 5.26 Å². The number of benzene rings is 3. The van der Waals surface area contributed by atoms with Gasteiger partial charge in [-0.25, -0.2) is 4.79 Å². The van der Waals surface area contributed by atoms with Gasteiger partial charge in [0.2, 0.25) is 0 Å². The highest BCUT2D eigenvalue weighted by atomic mass is 16.5. The summed E-state index contributed by atoms with van der Waals surface area (Å²) in [6.07, 6.45) is 4.20. The largest absolute Gasteiger partial charge is 0.489 e.